The second-order valence-electron chi connectivity index (χ2n) is 6.21. The smallest absolute Gasteiger partial charge is 0.238 e. The van der Waals surface area contributed by atoms with Gasteiger partial charge in [-0.15, -0.1) is 0 Å². The second kappa shape index (κ2) is 7.77. The van der Waals surface area contributed by atoms with Gasteiger partial charge in [-0.2, -0.15) is 0 Å². The maximum Gasteiger partial charge on any atom is 0.238 e. The minimum absolute atomic E-state index is 0.0122. The first kappa shape index (κ1) is 18.9. The molecule has 26 heavy (non-hydrogen) atoms. The van der Waals surface area contributed by atoms with Crippen LogP contribution >= 0.6 is 11.6 Å². The van der Waals surface area contributed by atoms with Crippen LogP contribution in [0, 0.1) is 5.82 Å². The average Bonchev–Trinajstić information content (AvgIpc) is 3.19. The fraction of sp³-hybridized carbons (Fsp3) is 0.353. The Morgan fingerprint density at radius 1 is 1.38 bits per heavy atom. The van der Waals surface area contributed by atoms with Gasteiger partial charge in [0.1, 0.15) is 11.6 Å². The van der Waals surface area contributed by atoms with Gasteiger partial charge in [-0.3, -0.25) is 9.69 Å². The third-order valence-electron chi connectivity index (χ3n) is 4.22. The van der Waals surface area contributed by atoms with E-state index in [0.29, 0.717) is 24.4 Å². The summed E-state index contributed by atoms with van der Waals surface area (Å²) >= 11 is 5.93. The zero-order chi connectivity index (χ0) is 18.7. The first-order chi connectivity index (χ1) is 12.3. The number of halogens is 2. The molecule has 0 radical (unpaired) electrons. The maximum absolute atomic E-state index is 13.1. The number of hydrogen-bond acceptors (Lipinski definition) is 5. The van der Waals surface area contributed by atoms with Crippen molar-refractivity contribution in [3.05, 3.63) is 53.2 Å². The average molecular weight is 401 g/mol. The monoisotopic (exact) mass is 400 g/mol. The molecule has 0 saturated carbocycles. The van der Waals surface area contributed by atoms with E-state index < -0.39 is 15.7 Å². The zero-order valence-corrected chi connectivity index (χ0v) is 15.4. The van der Waals surface area contributed by atoms with Crippen molar-refractivity contribution in [1.29, 1.82) is 0 Å². The van der Waals surface area contributed by atoms with E-state index in [-0.39, 0.29) is 35.0 Å². The van der Waals surface area contributed by atoms with Gasteiger partial charge in [-0.25, -0.2) is 12.8 Å². The van der Waals surface area contributed by atoms with E-state index >= 15 is 0 Å². The summed E-state index contributed by atoms with van der Waals surface area (Å²) in [4.78, 5) is 14.2. The van der Waals surface area contributed by atoms with Crippen molar-refractivity contribution in [2.24, 2.45) is 0 Å². The Morgan fingerprint density at radius 2 is 2.19 bits per heavy atom. The summed E-state index contributed by atoms with van der Waals surface area (Å²) in [5.41, 5.74) is 0.301. The maximum atomic E-state index is 13.1. The molecule has 1 saturated heterocycles. The Morgan fingerprint density at radius 3 is 2.81 bits per heavy atom. The number of sulfone groups is 1. The Hall–Kier alpha value is -1.90. The SMILES string of the molecule is O=C(CN(Cc1ccco1)C1CCS(=O)(=O)C1)Nc1ccc(F)cc1Cl. The third kappa shape index (κ3) is 4.84. The first-order valence-corrected chi connectivity index (χ1v) is 10.2. The van der Waals surface area contributed by atoms with E-state index in [1.165, 1.54) is 18.4 Å². The molecule has 0 spiro atoms. The quantitative estimate of drug-likeness (QED) is 0.806. The molecule has 1 unspecified atom stereocenters. The molecule has 1 aliphatic heterocycles. The number of anilines is 1. The van der Waals surface area contributed by atoms with Crippen LogP contribution in [-0.4, -0.2) is 43.3 Å². The predicted molar refractivity (Wildman–Crippen MR) is 96.2 cm³/mol. The van der Waals surface area contributed by atoms with Crippen molar-refractivity contribution >= 4 is 33.0 Å². The number of furan rings is 1. The molecule has 0 aliphatic carbocycles. The van der Waals surface area contributed by atoms with Gasteiger partial charge in [-0.1, -0.05) is 11.6 Å². The lowest BCUT2D eigenvalue weighted by atomic mass is 10.2. The van der Waals surface area contributed by atoms with Gasteiger partial charge < -0.3 is 9.73 Å². The first-order valence-electron chi connectivity index (χ1n) is 8.04. The molecule has 1 N–H and O–H groups in total. The van der Waals surface area contributed by atoms with Crippen molar-refractivity contribution in [3.63, 3.8) is 0 Å². The van der Waals surface area contributed by atoms with Gasteiger partial charge in [-0.05, 0) is 36.8 Å². The number of nitrogens with one attached hydrogen (secondary N) is 1. The molecular formula is C17H18ClFN2O4S. The predicted octanol–water partition coefficient (Wildman–Crippen LogP) is 2.70. The van der Waals surface area contributed by atoms with Gasteiger partial charge >= 0.3 is 0 Å². The Labute approximate surface area is 155 Å². The summed E-state index contributed by atoms with van der Waals surface area (Å²) in [7, 11) is -3.09. The van der Waals surface area contributed by atoms with E-state index in [0.717, 1.165) is 6.07 Å². The summed E-state index contributed by atoms with van der Waals surface area (Å²) in [6.07, 6.45) is 1.99. The van der Waals surface area contributed by atoms with Gasteiger partial charge in [0.15, 0.2) is 9.84 Å². The van der Waals surface area contributed by atoms with Crippen molar-refractivity contribution in [3.8, 4) is 0 Å². The summed E-state index contributed by atoms with van der Waals surface area (Å²) in [5, 5.41) is 2.73. The third-order valence-corrected chi connectivity index (χ3v) is 6.28. The van der Waals surface area contributed by atoms with Crippen LogP contribution in [0.3, 0.4) is 0 Å². The fourth-order valence-corrected chi connectivity index (χ4v) is 4.92. The minimum atomic E-state index is -3.09. The standard InChI is InChI=1S/C17H18ClFN2O4S/c18-15-8-12(19)3-4-16(15)20-17(22)10-21(9-14-2-1-6-25-14)13-5-7-26(23,24)11-13/h1-4,6,8,13H,5,7,9-11H2,(H,20,22). The fourth-order valence-electron chi connectivity index (χ4n) is 2.95. The molecule has 2 heterocycles. The van der Waals surface area contributed by atoms with Crippen molar-refractivity contribution < 1.29 is 22.0 Å². The lowest BCUT2D eigenvalue weighted by molar-refractivity contribution is -0.118. The Kier molecular flexibility index (Phi) is 5.64. The van der Waals surface area contributed by atoms with Crippen molar-refractivity contribution in [2.45, 2.75) is 19.0 Å². The van der Waals surface area contributed by atoms with Gasteiger partial charge in [0.05, 0.1) is 41.6 Å². The molecule has 1 aliphatic rings. The van der Waals surface area contributed by atoms with Crippen molar-refractivity contribution in [1.82, 2.24) is 4.90 Å². The largest absolute Gasteiger partial charge is 0.468 e. The Bertz CT molecular complexity index is 886. The molecule has 6 nitrogen and oxygen atoms in total. The van der Waals surface area contributed by atoms with Crippen LogP contribution in [0.25, 0.3) is 0 Å². The molecule has 1 aromatic carbocycles. The highest BCUT2D eigenvalue weighted by molar-refractivity contribution is 7.91. The molecular weight excluding hydrogens is 383 g/mol. The number of nitrogens with zero attached hydrogens (tertiary/aromatic N) is 1. The number of hydrogen-bond donors (Lipinski definition) is 1. The molecule has 3 rings (SSSR count). The number of carbonyl (C=O) groups is 1. The number of amides is 1. The number of rotatable bonds is 6. The summed E-state index contributed by atoms with van der Waals surface area (Å²) < 4.78 is 42.0. The number of carbonyl (C=O) groups excluding carboxylic acids is 1. The van der Waals surface area contributed by atoms with Gasteiger partial charge in [0, 0.05) is 6.04 Å². The normalized spacial score (nSPS) is 19.0. The molecule has 1 fully saturated rings. The molecule has 9 heteroatoms. The van der Waals surface area contributed by atoms with Gasteiger partial charge in [0.25, 0.3) is 0 Å². The highest BCUT2D eigenvalue weighted by Gasteiger charge is 2.33. The lowest BCUT2D eigenvalue weighted by Crippen LogP contribution is -2.41. The topological polar surface area (TPSA) is 79.6 Å². The lowest BCUT2D eigenvalue weighted by Gasteiger charge is -2.26. The van der Waals surface area contributed by atoms with E-state index in [9.17, 15) is 17.6 Å². The van der Waals surface area contributed by atoms with Crippen LogP contribution < -0.4 is 5.32 Å². The van der Waals surface area contributed by atoms with E-state index in [2.05, 4.69) is 5.32 Å². The zero-order valence-electron chi connectivity index (χ0n) is 13.8. The minimum Gasteiger partial charge on any atom is -0.468 e. The molecule has 1 amide bonds. The van der Waals surface area contributed by atoms with E-state index in [1.54, 1.807) is 17.0 Å². The van der Waals surface area contributed by atoms with Crippen LogP contribution in [0.15, 0.2) is 41.0 Å². The van der Waals surface area contributed by atoms with Crippen LogP contribution in [0.4, 0.5) is 10.1 Å². The molecule has 0 bridgehead atoms. The van der Waals surface area contributed by atoms with Crippen LogP contribution in [0.2, 0.25) is 5.02 Å². The molecule has 140 valence electrons. The number of benzene rings is 1. The summed E-state index contributed by atoms with van der Waals surface area (Å²) in [5.74, 6) is -0.101. The van der Waals surface area contributed by atoms with Crippen LogP contribution in [0.1, 0.15) is 12.2 Å². The van der Waals surface area contributed by atoms with Crippen molar-refractivity contribution in [2.75, 3.05) is 23.4 Å². The Balaban J connectivity index is 1.71. The summed E-state index contributed by atoms with van der Waals surface area (Å²) in [6.45, 7) is 0.284. The summed E-state index contributed by atoms with van der Waals surface area (Å²) in [6, 6.07) is 6.93. The highest BCUT2D eigenvalue weighted by atomic mass is 35.5. The van der Waals surface area contributed by atoms with E-state index in [4.69, 9.17) is 16.0 Å². The second-order valence-corrected chi connectivity index (χ2v) is 8.85. The van der Waals surface area contributed by atoms with Gasteiger partial charge in [0.2, 0.25) is 5.91 Å². The van der Waals surface area contributed by atoms with Crippen LogP contribution in [-0.2, 0) is 21.2 Å². The molecule has 1 atom stereocenters. The molecule has 1 aromatic heterocycles. The molecule has 2 aromatic rings. The van der Waals surface area contributed by atoms with E-state index in [1.807, 2.05) is 0 Å². The van der Waals surface area contributed by atoms with Crippen LogP contribution in [0.5, 0.6) is 0 Å². The highest BCUT2D eigenvalue weighted by Crippen LogP contribution is 2.23.